The van der Waals surface area contributed by atoms with Crippen molar-refractivity contribution in [3.8, 4) is 0 Å². The summed E-state index contributed by atoms with van der Waals surface area (Å²) in [7, 11) is -0.513. The van der Waals surface area contributed by atoms with Gasteiger partial charge in [0.1, 0.15) is 12.1 Å². The molecule has 1 heterocycles. The van der Waals surface area contributed by atoms with E-state index in [1.807, 2.05) is 70.2 Å². The first kappa shape index (κ1) is 26.4. The fourth-order valence-corrected chi connectivity index (χ4v) is 3.80. The van der Waals surface area contributed by atoms with Crippen LogP contribution in [0.25, 0.3) is 0 Å². The SMILES string of the molecule is CC(=O)N[C@@H](Cc1ccccc1)C(=O)N[C@@H](Cc1ccc(B2OC(C)(C)C(C)(C)O2)cc1)C(=O)O. The third kappa shape index (κ3) is 6.71. The van der Waals surface area contributed by atoms with Gasteiger partial charge in [-0.1, -0.05) is 54.6 Å². The van der Waals surface area contributed by atoms with Crippen molar-refractivity contribution in [3.63, 3.8) is 0 Å². The highest BCUT2D eigenvalue weighted by Gasteiger charge is 2.51. The highest BCUT2D eigenvalue weighted by Crippen LogP contribution is 2.36. The Morgan fingerprint density at radius 1 is 0.829 bits per heavy atom. The molecule has 2 aromatic rings. The molecule has 1 aliphatic rings. The van der Waals surface area contributed by atoms with Gasteiger partial charge in [0.05, 0.1) is 11.2 Å². The molecule has 0 saturated carbocycles. The van der Waals surface area contributed by atoms with Gasteiger partial charge in [-0.05, 0) is 44.3 Å². The Hall–Kier alpha value is -3.17. The molecule has 2 atom stereocenters. The maximum absolute atomic E-state index is 12.9. The van der Waals surface area contributed by atoms with Crippen molar-refractivity contribution in [1.82, 2.24) is 10.6 Å². The van der Waals surface area contributed by atoms with E-state index >= 15 is 0 Å². The largest absolute Gasteiger partial charge is 0.494 e. The van der Waals surface area contributed by atoms with Gasteiger partial charge < -0.3 is 25.0 Å². The molecule has 0 aromatic heterocycles. The van der Waals surface area contributed by atoms with Crippen molar-refractivity contribution in [3.05, 3.63) is 65.7 Å². The van der Waals surface area contributed by atoms with Gasteiger partial charge in [0.15, 0.2) is 0 Å². The van der Waals surface area contributed by atoms with Gasteiger partial charge in [0.25, 0.3) is 0 Å². The fourth-order valence-electron chi connectivity index (χ4n) is 3.80. The van der Waals surface area contributed by atoms with Crippen LogP contribution in [0, 0.1) is 0 Å². The molecule has 1 fully saturated rings. The zero-order valence-electron chi connectivity index (χ0n) is 20.8. The van der Waals surface area contributed by atoms with E-state index in [-0.39, 0.29) is 18.7 Å². The number of benzene rings is 2. The van der Waals surface area contributed by atoms with Crippen LogP contribution in [0.5, 0.6) is 0 Å². The van der Waals surface area contributed by atoms with Crippen molar-refractivity contribution in [2.75, 3.05) is 0 Å². The molecule has 1 saturated heterocycles. The van der Waals surface area contributed by atoms with Crippen LogP contribution in [-0.2, 0) is 36.5 Å². The van der Waals surface area contributed by atoms with E-state index in [1.54, 1.807) is 12.1 Å². The maximum Gasteiger partial charge on any atom is 0.494 e. The van der Waals surface area contributed by atoms with Gasteiger partial charge >= 0.3 is 13.1 Å². The van der Waals surface area contributed by atoms with E-state index in [1.165, 1.54) is 6.92 Å². The van der Waals surface area contributed by atoms with Crippen LogP contribution in [0.15, 0.2) is 54.6 Å². The monoisotopic (exact) mass is 480 g/mol. The highest BCUT2D eigenvalue weighted by molar-refractivity contribution is 6.62. The molecule has 1 aliphatic heterocycles. The minimum absolute atomic E-state index is 0.0862. The van der Waals surface area contributed by atoms with Gasteiger partial charge in [-0.2, -0.15) is 0 Å². The van der Waals surface area contributed by atoms with Crippen molar-refractivity contribution >= 4 is 30.4 Å². The number of carboxylic acids is 1. The first-order valence-corrected chi connectivity index (χ1v) is 11.7. The van der Waals surface area contributed by atoms with Crippen LogP contribution in [0.1, 0.15) is 45.7 Å². The van der Waals surface area contributed by atoms with E-state index in [2.05, 4.69) is 10.6 Å². The zero-order chi connectivity index (χ0) is 25.8. The molecule has 0 aliphatic carbocycles. The van der Waals surface area contributed by atoms with Crippen LogP contribution < -0.4 is 16.1 Å². The summed E-state index contributed by atoms with van der Waals surface area (Å²) in [5.74, 6) is -2.08. The molecule has 9 heteroatoms. The number of nitrogens with one attached hydrogen (secondary N) is 2. The normalized spacial score (nSPS) is 17.9. The summed E-state index contributed by atoms with van der Waals surface area (Å²) >= 11 is 0. The molecule has 8 nitrogen and oxygen atoms in total. The van der Waals surface area contributed by atoms with E-state index in [0.717, 1.165) is 16.6 Å². The van der Waals surface area contributed by atoms with Gasteiger partial charge in [0, 0.05) is 19.8 Å². The number of rotatable bonds is 9. The maximum atomic E-state index is 12.9. The Morgan fingerprint density at radius 2 is 1.34 bits per heavy atom. The van der Waals surface area contributed by atoms with Crippen molar-refractivity contribution in [2.45, 2.75) is 70.7 Å². The van der Waals surface area contributed by atoms with Crippen LogP contribution in [0.4, 0.5) is 0 Å². The summed E-state index contributed by atoms with van der Waals surface area (Å²) < 4.78 is 12.1. The minimum atomic E-state index is -1.16. The van der Waals surface area contributed by atoms with Crippen molar-refractivity contribution < 1.29 is 28.8 Å². The van der Waals surface area contributed by atoms with Gasteiger partial charge in [-0.3, -0.25) is 9.59 Å². The molecule has 0 bridgehead atoms. The highest BCUT2D eigenvalue weighted by atomic mass is 16.7. The molecule has 186 valence electrons. The Labute approximate surface area is 206 Å². The Balaban J connectivity index is 1.67. The summed E-state index contributed by atoms with van der Waals surface area (Å²) in [4.78, 5) is 36.5. The summed E-state index contributed by atoms with van der Waals surface area (Å²) in [6.45, 7) is 9.24. The third-order valence-corrected chi connectivity index (χ3v) is 6.54. The Bertz CT molecular complexity index is 1040. The van der Waals surface area contributed by atoms with Crippen molar-refractivity contribution in [2.24, 2.45) is 0 Å². The average Bonchev–Trinajstić information content (AvgIpc) is 3.00. The lowest BCUT2D eigenvalue weighted by molar-refractivity contribution is -0.142. The molecular formula is C26H33BN2O6. The number of carbonyl (C=O) groups is 3. The molecule has 2 aromatic carbocycles. The number of amides is 2. The smallest absolute Gasteiger partial charge is 0.480 e. The molecule has 0 unspecified atom stereocenters. The standard InChI is InChI=1S/C26H33BN2O6/c1-17(30)28-21(15-18-9-7-6-8-10-18)23(31)29-22(24(32)33)16-19-11-13-20(14-12-19)27-34-25(2,3)26(4,5)35-27/h6-14,21-22H,15-16H2,1-5H3,(H,28,30)(H,29,31)(H,32,33)/t21-,22-/m0/s1. The second kappa shape index (κ2) is 10.6. The lowest BCUT2D eigenvalue weighted by atomic mass is 9.78. The van der Waals surface area contributed by atoms with Crippen LogP contribution in [-0.4, -0.2) is 53.3 Å². The average molecular weight is 480 g/mol. The molecule has 35 heavy (non-hydrogen) atoms. The summed E-state index contributed by atoms with van der Waals surface area (Å²) in [6, 6.07) is 14.5. The van der Waals surface area contributed by atoms with Gasteiger partial charge in [-0.15, -0.1) is 0 Å². The Morgan fingerprint density at radius 3 is 1.86 bits per heavy atom. The molecule has 2 amide bonds. The molecule has 3 N–H and O–H groups in total. The molecular weight excluding hydrogens is 447 g/mol. The number of carbonyl (C=O) groups excluding carboxylic acids is 2. The number of hydrogen-bond acceptors (Lipinski definition) is 5. The zero-order valence-corrected chi connectivity index (χ0v) is 20.8. The van der Waals surface area contributed by atoms with E-state index in [4.69, 9.17) is 9.31 Å². The molecule has 0 radical (unpaired) electrons. The predicted molar refractivity (Wildman–Crippen MR) is 133 cm³/mol. The van der Waals surface area contributed by atoms with E-state index < -0.39 is 42.3 Å². The number of aliphatic carboxylic acids is 1. The molecule has 0 spiro atoms. The minimum Gasteiger partial charge on any atom is -0.480 e. The lowest BCUT2D eigenvalue weighted by Gasteiger charge is -2.32. The van der Waals surface area contributed by atoms with Crippen molar-refractivity contribution in [1.29, 1.82) is 0 Å². The molecule has 3 rings (SSSR count). The summed E-state index contributed by atoms with van der Waals surface area (Å²) in [5, 5.41) is 14.9. The predicted octanol–water partition coefficient (Wildman–Crippen LogP) is 1.85. The van der Waals surface area contributed by atoms with Crippen LogP contribution in [0.3, 0.4) is 0 Å². The Kier molecular flexibility index (Phi) is 8.02. The van der Waals surface area contributed by atoms with Gasteiger partial charge in [0.2, 0.25) is 11.8 Å². The fraction of sp³-hybridized carbons (Fsp3) is 0.423. The summed E-state index contributed by atoms with van der Waals surface area (Å²) in [5.41, 5.74) is 1.50. The lowest BCUT2D eigenvalue weighted by Crippen LogP contribution is -2.52. The van der Waals surface area contributed by atoms with Crippen LogP contribution >= 0.6 is 0 Å². The quantitative estimate of drug-likeness (QED) is 0.472. The first-order chi connectivity index (χ1) is 16.4. The third-order valence-electron chi connectivity index (χ3n) is 6.54. The number of hydrogen-bond donors (Lipinski definition) is 3. The topological polar surface area (TPSA) is 114 Å². The van der Waals surface area contributed by atoms with Crippen LogP contribution in [0.2, 0.25) is 0 Å². The van der Waals surface area contributed by atoms with Gasteiger partial charge in [-0.25, -0.2) is 4.79 Å². The second-order valence-electron chi connectivity index (χ2n) is 9.88. The van der Waals surface area contributed by atoms with E-state index in [0.29, 0.717) is 0 Å². The number of carboxylic acid groups (broad SMARTS) is 1. The van der Waals surface area contributed by atoms with E-state index in [9.17, 15) is 19.5 Å². The first-order valence-electron chi connectivity index (χ1n) is 11.7. The second-order valence-corrected chi connectivity index (χ2v) is 9.88. The summed E-state index contributed by atoms with van der Waals surface area (Å²) in [6.07, 6.45) is 0.338.